The van der Waals surface area contributed by atoms with Crippen LogP contribution in [-0.2, 0) is 11.8 Å². The molecule has 0 aliphatic heterocycles. The maximum Gasteiger partial charge on any atom is 0.267 e. The first-order valence-corrected chi connectivity index (χ1v) is 15.9. The smallest absolute Gasteiger partial charge is 0.267 e. The molecule has 45 heavy (non-hydrogen) atoms. The van der Waals surface area contributed by atoms with Crippen LogP contribution < -0.4 is 16.0 Å². The maximum atomic E-state index is 13.7. The number of nitrogens with one attached hydrogen (secondary N) is 3. The molecule has 2 aliphatic rings. The zero-order chi connectivity index (χ0) is 31.1. The van der Waals surface area contributed by atoms with E-state index in [4.69, 9.17) is 5.10 Å². The lowest BCUT2D eigenvalue weighted by Gasteiger charge is -2.40. The van der Waals surface area contributed by atoms with E-state index < -0.39 is 5.54 Å². The van der Waals surface area contributed by atoms with Crippen LogP contribution in [0.5, 0.6) is 0 Å². The van der Waals surface area contributed by atoms with Crippen molar-refractivity contribution in [3.8, 4) is 5.69 Å². The topological polar surface area (TPSA) is 110 Å². The van der Waals surface area contributed by atoms with Crippen LogP contribution in [0.2, 0.25) is 0 Å². The fourth-order valence-corrected chi connectivity index (χ4v) is 7.04. The molecule has 9 nitrogen and oxygen atoms in total. The van der Waals surface area contributed by atoms with Crippen molar-refractivity contribution in [1.29, 1.82) is 0 Å². The van der Waals surface area contributed by atoms with Crippen molar-refractivity contribution in [3.63, 3.8) is 0 Å². The van der Waals surface area contributed by atoms with Gasteiger partial charge < -0.3 is 20.5 Å². The molecule has 0 bridgehead atoms. The fourth-order valence-electron chi connectivity index (χ4n) is 7.04. The molecule has 3 amide bonds. The second kappa shape index (κ2) is 11.5. The summed E-state index contributed by atoms with van der Waals surface area (Å²) in [5.41, 5.74) is 4.56. The van der Waals surface area contributed by atoms with Crippen molar-refractivity contribution in [1.82, 2.24) is 25.0 Å². The molecule has 0 saturated heterocycles. The van der Waals surface area contributed by atoms with E-state index in [1.165, 1.54) is 25.0 Å². The predicted molar refractivity (Wildman–Crippen MR) is 176 cm³/mol. The standard InChI is InChI=1S/C36H38N6O3/c1-37-34(44)31-22-25-20-26(15-17-30(25)41(31)2)38-35(45)36(18-9-19-36)39-33(43)24-14-16-28-29(21-24)40-42(27-12-7-4-8-13-27)32(28)23-10-5-3-6-11-23/h4,7-8,12-17,20-23H,3,5-6,9-11,18-19H2,1-2H3,(H,37,44)(H,38,45)(H,39,43). The van der Waals surface area contributed by atoms with E-state index in [0.29, 0.717) is 35.7 Å². The lowest BCUT2D eigenvalue weighted by Crippen LogP contribution is -2.61. The van der Waals surface area contributed by atoms with Gasteiger partial charge in [-0.25, -0.2) is 4.68 Å². The molecule has 2 aliphatic carbocycles. The van der Waals surface area contributed by atoms with E-state index in [1.54, 1.807) is 13.1 Å². The molecule has 0 atom stereocenters. The van der Waals surface area contributed by atoms with Gasteiger partial charge in [0.15, 0.2) is 0 Å². The number of para-hydroxylation sites is 1. The number of carbonyl (C=O) groups is 3. The molecule has 0 radical (unpaired) electrons. The molecule has 0 spiro atoms. The van der Waals surface area contributed by atoms with Crippen molar-refractivity contribution in [2.45, 2.75) is 62.8 Å². The highest BCUT2D eigenvalue weighted by atomic mass is 16.2. The number of anilines is 1. The molecule has 3 aromatic carbocycles. The van der Waals surface area contributed by atoms with Crippen molar-refractivity contribution < 1.29 is 14.4 Å². The SMILES string of the molecule is CNC(=O)c1cc2cc(NC(=O)C3(NC(=O)c4ccc5c(C6CCCCC6)n(-c6ccccc6)nc5c4)CCC3)ccc2n1C. The Balaban J connectivity index is 1.14. The first-order valence-electron chi connectivity index (χ1n) is 15.9. The zero-order valence-electron chi connectivity index (χ0n) is 25.7. The van der Waals surface area contributed by atoms with Crippen LogP contribution in [0.4, 0.5) is 5.69 Å². The van der Waals surface area contributed by atoms with Gasteiger partial charge in [-0.3, -0.25) is 14.4 Å². The molecule has 2 fully saturated rings. The fraction of sp³-hybridized carbons (Fsp3) is 0.333. The molecule has 230 valence electrons. The second-order valence-corrected chi connectivity index (χ2v) is 12.5. The third-order valence-corrected chi connectivity index (χ3v) is 9.72. The highest BCUT2D eigenvalue weighted by molar-refractivity contribution is 6.06. The number of hydrogen-bond acceptors (Lipinski definition) is 4. The minimum Gasteiger partial charge on any atom is -0.354 e. The summed E-state index contributed by atoms with van der Waals surface area (Å²) < 4.78 is 3.88. The Kier molecular flexibility index (Phi) is 7.39. The Hall–Kier alpha value is -4.92. The average molecular weight is 603 g/mol. The third-order valence-electron chi connectivity index (χ3n) is 9.72. The van der Waals surface area contributed by atoms with Crippen LogP contribution in [0.25, 0.3) is 27.5 Å². The van der Waals surface area contributed by atoms with Gasteiger partial charge in [-0.05, 0) is 80.6 Å². The molecule has 2 saturated carbocycles. The lowest BCUT2D eigenvalue weighted by atomic mass is 9.75. The first-order chi connectivity index (χ1) is 21.9. The van der Waals surface area contributed by atoms with Gasteiger partial charge in [0.05, 0.1) is 16.9 Å². The predicted octanol–water partition coefficient (Wildman–Crippen LogP) is 6.22. The van der Waals surface area contributed by atoms with E-state index in [1.807, 2.05) is 66.2 Å². The largest absolute Gasteiger partial charge is 0.354 e. The normalized spacial score (nSPS) is 16.3. The molecule has 5 aromatic rings. The van der Waals surface area contributed by atoms with Crippen molar-refractivity contribution in [2.75, 3.05) is 12.4 Å². The van der Waals surface area contributed by atoms with Gasteiger partial charge >= 0.3 is 0 Å². The van der Waals surface area contributed by atoms with Crippen LogP contribution in [0, 0.1) is 0 Å². The number of benzene rings is 3. The molecule has 2 heterocycles. The van der Waals surface area contributed by atoms with E-state index in [0.717, 1.165) is 46.8 Å². The molecule has 7 rings (SSSR count). The average Bonchev–Trinajstić information content (AvgIpc) is 3.60. The summed E-state index contributed by atoms with van der Waals surface area (Å²) in [6.45, 7) is 0. The van der Waals surface area contributed by atoms with Gasteiger partial charge in [-0.2, -0.15) is 5.10 Å². The Morgan fingerprint density at radius 2 is 1.64 bits per heavy atom. The number of hydrogen-bond donors (Lipinski definition) is 3. The number of amides is 3. The molecule has 2 aromatic heterocycles. The Bertz CT molecular complexity index is 1930. The monoisotopic (exact) mass is 602 g/mol. The van der Waals surface area contributed by atoms with Crippen LogP contribution >= 0.6 is 0 Å². The quantitative estimate of drug-likeness (QED) is 0.206. The molecular formula is C36H38N6O3. The van der Waals surface area contributed by atoms with Crippen LogP contribution in [0.3, 0.4) is 0 Å². The van der Waals surface area contributed by atoms with E-state index >= 15 is 0 Å². The summed E-state index contributed by atoms with van der Waals surface area (Å²) in [5, 5.41) is 15.7. The van der Waals surface area contributed by atoms with Crippen LogP contribution in [0.15, 0.2) is 72.8 Å². The zero-order valence-corrected chi connectivity index (χ0v) is 25.7. The summed E-state index contributed by atoms with van der Waals surface area (Å²) >= 11 is 0. The van der Waals surface area contributed by atoms with Gasteiger partial charge in [-0.1, -0.05) is 43.5 Å². The Morgan fingerprint density at radius 1 is 0.867 bits per heavy atom. The molecule has 0 unspecified atom stereocenters. The maximum absolute atomic E-state index is 13.7. The van der Waals surface area contributed by atoms with E-state index in [-0.39, 0.29) is 17.7 Å². The summed E-state index contributed by atoms with van der Waals surface area (Å²) in [7, 11) is 3.44. The number of aryl methyl sites for hydroxylation is 1. The number of aromatic nitrogens is 3. The van der Waals surface area contributed by atoms with E-state index in [2.05, 4.69) is 32.8 Å². The molecule has 9 heteroatoms. The van der Waals surface area contributed by atoms with Crippen molar-refractivity contribution in [2.24, 2.45) is 7.05 Å². The summed E-state index contributed by atoms with van der Waals surface area (Å²) in [4.78, 5) is 39.5. The molecular weight excluding hydrogens is 564 g/mol. The van der Waals surface area contributed by atoms with Crippen LogP contribution in [0.1, 0.15) is 83.8 Å². The summed E-state index contributed by atoms with van der Waals surface area (Å²) in [6, 6.07) is 23.3. The van der Waals surface area contributed by atoms with Gasteiger partial charge in [0.25, 0.3) is 11.8 Å². The van der Waals surface area contributed by atoms with Gasteiger partial charge in [0.2, 0.25) is 5.91 Å². The summed E-state index contributed by atoms with van der Waals surface area (Å²) in [5.74, 6) is -0.270. The Labute approximate surface area is 262 Å². The first kappa shape index (κ1) is 28.8. The number of carbonyl (C=O) groups excluding carboxylic acids is 3. The number of fused-ring (bicyclic) bond motifs is 2. The number of rotatable bonds is 7. The van der Waals surface area contributed by atoms with Gasteiger partial charge in [0, 0.05) is 47.6 Å². The number of nitrogens with zero attached hydrogens (tertiary/aromatic N) is 3. The highest BCUT2D eigenvalue weighted by Gasteiger charge is 2.45. The van der Waals surface area contributed by atoms with Crippen LogP contribution in [-0.4, -0.2) is 44.7 Å². The van der Waals surface area contributed by atoms with Crippen molar-refractivity contribution >= 4 is 45.2 Å². The summed E-state index contributed by atoms with van der Waals surface area (Å²) in [6.07, 6.45) is 7.96. The lowest BCUT2D eigenvalue weighted by molar-refractivity contribution is -0.125. The Morgan fingerprint density at radius 3 is 2.36 bits per heavy atom. The minimum absolute atomic E-state index is 0.175. The van der Waals surface area contributed by atoms with Gasteiger partial charge in [-0.15, -0.1) is 0 Å². The third kappa shape index (κ3) is 5.16. The van der Waals surface area contributed by atoms with Crippen molar-refractivity contribution in [3.05, 3.63) is 89.7 Å². The molecule has 3 N–H and O–H groups in total. The highest BCUT2D eigenvalue weighted by Crippen LogP contribution is 2.38. The van der Waals surface area contributed by atoms with E-state index in [9.17, 15) is 14.4 Å². The van der Waals surface area contributed by atoms with Gasteiger partial charge in [0.1, 0.15) is 11.2 Å². The second-order valence-electron chi connectivity index (χ2n) is 12.5. The minimum atomic E-state index is -0.985.